The Morgan fingerprint density at radius 1 is 1.37 bits per heavy atom. The van der Waals surface area contributed by atoms with E-state index < -0.39 is 0 Å². The fourth-order valence-corrected chi connectivity index (χ4v) is 1.64. The van der Waals surface area contributed by atoms with E-state index in [1.807, 2.05) is 0 Å². The molecule has 0 unspecified atom stereocenters. The number of halogens is 1. The van der Waals surface area contributed by atoms with E-state index in [1.54, 1.807) is 25.1 Å². The summed E-state index contributed by atoms with van der Waals surface area (Å²) in [6, 6.07) is 7.77. The molecule has 0 atom stereocenters. The van der Waals surface area contributed by atoms with Gasteiger partial charge in [-0.3, -0.25) is 9.78 Å². The molecule has 2 rings (SSSR count). The number of aromatic nitrogens is 1. The van der Waals surface area contributed by atoms with E-state index in [-0.39, 0.29) is 17.4 Å². The lowest BCUT2D eigenvalue weighted by atomic mass is 10.2. The van der Waals surface area contributed by atoms with Gasteiger partial charge in [-0.2, -0.15) is 0 Å². The summed E-state index contributed by atoms with van der Waals surface area (Å²) < 4.78 is 13.1. The lowest BCUT2D eigenvalue weighted by Gasteiger charge is -2.07. The topological polar surface area (TPSA) is 68.0 Å². The molecule has 0 aliphatic heterocycles. The van der Waals surface area contributed by atoms with Crippen LogP contribution in [0.1, 0.15) is 21.6 Å². The van der Waals surface area contributed by atoms with Crippen LogP contribution in [0, 0.1) is 12.7 Å². The number of amides is 1. The number of rotatable bonds is 3. The maximum absolute atomic E-state index is 13.1. The molecule has 5 heteroatoms. The number of nitrogens with one attached hydrogen (secondary N) is 1. The first-order valence-corrected chi connectivity index (χ1v) is 5.82. The molecule has 0 aliphatic rings. The summed E-state index contributed by atoms with van der Waals surface area (Å²) in [5.41, 5.74) is 7.62. The number of anilines is 1. The number of hydrogen-bond donors (Lipinski definition) is 2. The second kappa shape index (κ2) is 5.58. The number of nitrogens with two attached hydrogens (primary N) is 1. The minimum absolute atomic E-state index is 0.282. The Morgan fingerprint density at radius 3 is 2.84 bits per heavy atom. The van der Waals surface area contributed by atoms with Crippen molar-refractivity contribution in [1.82, 2.24) is 4.98 Å². The molecule has 1 heterocycles. The molecule has 4 nitrogen and oxygen atoms in total. The summed E-state index contributed by atoms with van der Waals surface area (Å²) in [6.45, 7) is 1.98. The summed E-state index contributed by atoms with van der Waals surface area (Å²) in [6.07, 6.45) is 1.53. The van der Waals surface area contributed by atoms with Crippen LogP contribution in [0.4, 0.5) is 10.1 Å². The van der Waals surface area contributed by atoms with Gasteiger partial charge in [0.15, 0.2) is 0 Å². The predicted molar refractivity (Wildman–Crippen MR) is 71.2 cm³/mol. The number of benzene rings is 1. The summed E-state index contributed by atoms with van der Waals surface area (Å²) in [5.74, 6) is -0.650. The van der Waals surface area contributed by atoms with Crippen molar-refractivity contribution in [1.29, 1.82) is 0 Å². The van der Waals surface area contributed by atoms with Gasteiger partial charge in [-0.15, -0.1) is 0 Å². The molecule has 1 amide bonds. The molecular weight excluding hydrogens is 245 g/mol. The number of nitrogens with zero attached hydrogens (tertiary/aromatic N) is 1. The van der Waals surface area contributed by atoms with Crippen LogP contribution in [0.15, 0.2) is 36.5 Å². The van der Waals surface area contributed by atoms with Gasteiger partial charge in [-0.25, -0.2) is 4.39 Å². The maximum Gasteiger partial charge on any atom is 0.274 e. The number of hydrogen-bond acceptors (Lipinski definition) is 3. The van der Waals surface area contributed by atoms with Gasteiger partial charge in [0, 0.05) is 18.4 Å². The molecule has 1 aromatic carbocycles. The van der Waals surface area contributed by atoms with Gasteiger partial charge in [0.25, 0.3) is 5.91 Å². The highest BCUT2D eigenvalue weighted by atomic mass is 19.1. The Labute approximate surface area is 110 Å². The van der Waals surface area contributed by atoms with Crippen LogP contribution >= 0.6 is 0 Å². The van der Waals surface area contributed by atoms with Gasteiger partial charge in [-0.05, 0) is 48.4 Å². The number of carbonyl (C=O) groups is 1. The molecule has 0 spiro atoms. The summed E-state index contributed by atoms with van der Waals surface area (Å²) in [4.78, 5) is 16.0. The van der Waals surface area contributed by atoms with E-state index in [9.17, 15) is 9.18 Å². The smallest absolute Gasteiger partial charge is 0.274 e. The summed E-state index contributed by atoms with van der Waals surface area (Å²) >= 11 is 0. The van der Waals surface area contributed by atoms with Crippen LogP contribution < -0.4 is 11.1 Å². The van der Waals surface area contributed by atoms with Gasteiger partial charge in [-0.1, -0.05) is 0 Å². The molecule has 0 bridgehead atoms. The van der Waals surface area contributed by atoms with Crippen LogP contribution in [0.5, 0.6) is 0 Å². The SMILES string of the molecule is Cc1cc(NC(=O)c2cc(CN)ccn2)ccc1F. The molecule has 1 aromatic heterocycles. The highest BCUT2D eigenvalue weighted by molar-refractivity contribution is 6.02. The van der Waals surface area contributed by atoms with Crippen molar-refractivity contribution in [2.24, 2.45) is 5.73 Å². The Morgan fingerprint density at radius 2 is 2.16 bits per heavy atom. The van der Waals surface area contributed by atoms with Gasteiger partial charge in [0.05, 0.1) is 0 Å². The van der Waals surface area contributed by atoms with E-state index >= 15 is 0 Å². The quantitative estimate of drug-likeness (QED) is 0.888. The van der Waals surface area contributed by atoms with Crippen molar-refractivity contribution < 1.29 is 9.18 Å². The number of carbonyl (C=O) groups excluding carboxylic acids is 1. The van der Waals surface area contributed by atoms with Crippen molar-refractivity contribution in [3.63, 3.8) is 0 Å². The van der Waals surface area contributed by atoms with Gasteiger partial charge >= 0.3 is 0 Å². The molecule has 0 saturated carbocycles. The van der Waals surface area contributed by atoms with Crippen LogP contribution in [-0.4, -0.2) is 10.9 Å². The highest BCUT2D eigenvalue weighted by Gasteiger charge is 2.09. The second-order valence-corrected chi connectivity index (χ2v) is 4.17. The van der Waals surface area contributed by atoms with Crippen molar-refractivity contribution in [3.05, 3.63) is 59.2 Å². The first-order chi connectivity index (χ1) is 9.10. The molecule has 0 fully saturated rings. The largest absolute Gasteiger partial charge is 0.326 e. The molecule has 98 valence electrons. The first kappa shape index (κ1) is 13.2. The third kappa shape index (κ3) is 3.14. The maximum atomic E-state index is 13.1. The fourth-order valence-electron chi connectivity index (χ4n) is 1.64. The molecule has 0 aliphatic carbocycles. The zero-order valence-electron chi connectivity index (χ0n) is 10.5. The Balaban J connectivity index is 2.18. The second-order valence-electron chi connectivity index (χ2n) is 4.17. The van der Waals surface area contributed by atoms with Gasteiger partial charge in [0.1, 0.15) is 11.5 Å². The predicted octanol–water partition coefficient (Wildman–Crippen LogP) is 2.24. The third-order valence-electron chi connectivity index (χ3n) is 2.71. The van der Waals surface area contributed by atoms with Crippen molar-refractivity contribution in [2.45, 2.75) is 13.5 Å². The van der Waals surface area contributed by atoms with E-state index in [2.05, 4.69) is 10.3 Å². The summed E-state index contributed by atoms with van der Waals surface area (Å²) in [5, 5.41) is 2.67. The minimum Gasteiger partial charge on any atom is -0.326 e. The average Bonchev–Trinajstić information content (AvgIpc) is 2.43. The van der Waals surface area contributed by atoms with Crippen LogP contribution in [0.25, 0.3) is 0 Å². The fraction of sp³-hybridized carbons (Fsp3) is 0.143. The van der Waals surface area contributed by atoms with E-state index in [4.69, 9.17) is 5.73 Å². The zero-order chi connectivity index (χ0) is 13.8. The molecule has 19 heavy (non-hydrogen) atoms. The van der Waals surface area contributed by atoms with Crippen molar-refractivity contribution >= 4 is 11.6 Å². The normalized spacial score (nSPS) is 10.3. The number of pyridine rings is 1. The summed E-state index contributed by atoms with van der Waals surface area (Å²) in [7, 11) is 0. The molecule has 3 N–H and O–H groups in total. The molecule has 0 saturated heterocycles. The van der Waals surface area contributed by atoms with E-state index in [0.29, 0.717) is 17.8 Å². The first-order valence-electron chi connectivity index (χ1n) is 5.82. The monoisotopic (exact) mass is 259 g/mol. The zero-order valence-corrected chi connectivity index (χ0v) is 10.5. The number of aryl methyl sites for hydroxylation is 1. The Bertz CT molecular complexity index is 613. The molecule has 0 radical (unpaired) electrons. The van der Waals surface area contributed by atoms with Crippen LogP contribution in [0.3, 0.4) is 0 Å². The molecular formula is C14H14FN3O. The Hall–Kier alpha value is -2.27. The Kier molecular flexibility index (Phi) is 3.87. The standard InChI is InChI=1S/C14H14FN3O/c1-9-6-11(2-3-12(9)15)18-14(19)13-7-10(8-16)4-5-17-13/h2-7H,8,16H2,1H3,(H,18,19). The van der Waals surface area contributed by atoms with Crippen molar-refractivity contribution in [3.8, 4) is 0 Å². The average molecular weight is 259 g/mol. The third-order valence-corrected chi connectivity index (χ3v) is 2.71. The van der Waals surface area contributed by atoms with Crippen LogP contribution in [-0.2, 0) is 6.54 Å². The lowest BCUT2D eigenvalue weighted by Crippen LogP contribution is -2.14. The van der Waals surface area contributed by atoms with Gasteiger partial charge in [0.2, 0.25) is 0 Å². The lowest BCUT2D eigenvalue weighted by molar-refractivity contribution is 0.102. The van der Waals surface area contributed by atoms with Crippen LogP contribution in [0.2, 0.25) is 0 Å². The minimum atomic E-state index is -0.346. The van der Waals surface area contributed by atoms with Gasteiger partial charge < -0.3 is 11.1 Å². The van der Waals surface area contributed by atoms with E-state index in [1.165, 1.54) is 18.3 Å². The highest BCUT2D eigenvalue weighted by Crippen LogP contribution is 2.14. The van der Waals surface area contributed by atoms with Crippen molar-refractivity contribution in [2.75, 3.05) is 5.32 Å². The van der Waals surface area contributed by atoms with E-state index in [0.717, 1.165) is 5.56 Å². The molecule has 2 aromatic rings.